The quantitative estimate of drug-likeness (QED) is 0.656. The molecule has 0 radical (unpaired) electrons. The van der Waals surface area contributed by atoms with Crippen LogP contribution < -0.4 is 9.62 Å². The zero-order chi connectivity index (χ0) is 19.3. The maximum Gasteiger partial charge on any atom is 0.274 e. The Morgan fingerprint density at radius 2 is 1.59 bits per heavy atom. The van der Waals surface area contributed by atoms with Crippen LogP contribution in [0.5, 0.6) is 0 Å². The van der Waals surface area contributed by atoms with Gasteiger partial charge < -0.3 is 5.32 Å². The Morgan fingerprint density at radius 1 is 0.963 bits per heavy atom. The number of carbonyl (C=O) groups excluding carboxylic acids is 1. The van der Waals surface area contributed by atoms with Gasteiger partial charge in [-0.3, -0.25) is 9.10 Å². The second-order valence-corrected chi connectivity index (χ2v) is 9.22. The third-order valence-corrected chi connectivity index (χ3v) is 7.23. The predicted octanol–water partition coefficient (Wildman–Crippen LogP) is 3.78. The summed E-state index contributed by atoms with van der Waals surface area (Å²) in [4.78, 5) is 11.9. The number of nitrogens with one attached hydrogen (secondary N) is 1. The number of benzene rings is 2. The van der Waals surface area contributed by atoms with Crippen LogP contribution in [-0.4, -0.2) is 14.3 Å². The Kier molecular flexibility index (Phi) is 5.93. The molecule has 1 aromatic heterocycles. The molecule has 7 heteroatoms. The van der Waals surface area contributed by atoms with E-state index in [2.05, 4.69) is 5.32 Å². The van der Waals surface area contributed by atoms with E-state index in [-0.39, 0.29) is 16.7 Å². The van der Waals surface area contributed by atoms with Gasteiger partial charge in [0.05, 0.1) is 18.8 Å². The lowest BCUT2D eigenvalue weighted by atomic mass is 10.2. The van der Waals surface area contributed by atoms with E-state index in [9.17, 15) is 13.2 Å². The van der Waals surface area contributed by atoms with Crippen molar-refractivity contribution < 1.29 is 13.2 Å². The van der Waals surface area contributed by atoms with E-state index in [1.54, 1.807) is 24.3 Å². The van der Waals surface area contributed by atoms with Gasteiger partial charge in [-0.1, -0.05) is 48.5 Å². The van der Waals surface area contributed by atoms with E-state index >= 15 is 0 Å². The molecule has 3 aromatic rings. The van der Waals surface area contributed by atoms with E-state index in [4.69, 9.17) is 0 Å². The maximum absolute atomic E-state index is 13.3. The van der Waals surface area contributed by atoms with Crippen molar-refractivity contribution in [2.45, 2.75) is 24.2 Å². The Balaban J connectivity index is 1.94. The molecule has 0 fully saturated rings. The number of nitrogens with zero attached hydrogens (tertiary/aromatic N) is 1. The zero-order valence-corrected chi connectivity index (χ0v) is 16.5. The topological polar surface area (TPSA) is 66.5 Å². The Bertz CT molecular complexity index is 1000. The summed E-state index contributed by atoms with van der Waals surface area (Å²) in [6.45, 7) is 1.99. The van der Waals surface area contributed by atoms with Crippen LogP contribution in [0, 0.1) is 0 Å². The van der Waals surface area contributed by atoms with Crippen LogP contribution in [0.3, 0.4) is 0 Å². The second kappa shape index (κ2) is 8.37. The summed E-state index contributed by atoms with van der Waals surface area (Å²) < 4.78 is 28.3. The fourth-order valence-corrected chi connectivity index (χ4v) is 5.43. The van der Waals surface area contributed by atoms with Gasteiger partial charge in [-0.2, -0.15) is 0 Å². The Labute approximate surface area is 163 Å². The minimum Gasteiger partial charge on any atom is -0.351 e. The van der Waals surface area contributed by atoms with E-state index in [1.165, 1.54) is 22.6 Å². The average molecular weight is 401 g/mol. The fraction of sp³-hybridized carbons (Fsp3) is 0.150. The molecule has 0 bridgehead atoms. The van der Waals surface area contributed by atoms with Crippen molar-refractivity contribution in [1.82, 2.24) is 5.32 Å². The van der Waals surface area contributed by atoms with Gasteiger partial charge in [0.1, 0.15) is 4.21 Å². The van der Waals surface area contributed by atoms with Crippen LogP contribution in [0.15, 0.2) is 77.0 Å². The normalized spacial score (nSPS) is 11.1. The molecule has 27 heavy (non-hydrogen) atoms. The summed E-state index contributed by atoms with van der Waals surface area (Å²) in [6, 6.07) is 21.9. The van der Waals surface area contributed by atoms with Gasteiger partial charge in [0, 0.05) is 11.8 Å². The van der Waals surface area contributed by atoms with Gasteiger partial charge >= 0.3 is 0 Å². The molecule has 1 heterocycles. The summed E-state index contributed by atoms with van der Waals surface area (Å²) in [5.74, 6) is -0.150. The molecule has 1 amide bonds. The van der Waals surface area contributed by atoms with Crippen LogP contribution in [0.1, 0.15) is 17.4 Å². The van der Waals surface area contributed by atoms with Gasteiger partial charge in [-0.15, -0.1) is 11.3 Å². The third kappa shape index (κ3) is 4.75. The largest absolute Gasteiger partial charge is 0.351 e. The lowest BCUT2D eigenvalue weighted by Crippen LogP contribution is -2.30. The number of para-hydroxylation sites is 1. The van der Waals surface area contributed by atoms with Crippen LogP contribution >= 0.6 is 11.3 Å². The molecule has 0 atom stereocenters. The van der Waals surface area contributed by atoms with Crippen molar-refractivity contribution in [1.29, 1.82) is 0 Å². The van der Waals surface area contributed by atoms with Crippen molar-refractivity contribution in [3.63, 3.8) is 0 Å². The Morgan fingerprint density at radius 3 is 2.22 bits per heavy atom. The van der Waals surface area contributed by atoms with Crippen LogP contribution in [0.25, 0.3) is 0 Å². The molecule has 140 valence electrons. The summed E-state index contributed by atoms with van der Waals surface area (Å²) in [5.41, 5.74) is 1.51. The first-order chi connectivity index (χ1) is 13.0. The molecule has 0 aliphatic rings. The first-order valence-electron chi connectivity index (χ1n) is 8.41. The molecule has 2 aromatic carbocycles. The van der Waals surface area contributed by atoms with Crippen LogP contribution in [-0.2, 0) is 27.9 Å². The van der Waals surface area contributed by atoms with Gasteiger partial charge in [-0.25, -0.2) is 8.42 Å². The number of thiophene rings is 1. The number of anilines is 1. The van der Waals surface area contributed by atoms with Crippen molar-refractivity contribution in [2.24, 2.45) is 0 Å². The minimum absolute atomic E-state index is 0.150. The third-order valence-electron chi connectivity index (χ3n) is 3.91. The average Bonchev–Trinajstić information content (AvgIpc) is 3.16. The highest BCUT2D eigenvalue weighted by atomic mass is 32.2. The van der Waals surface area contributed by atoms with Crippen molar-refractivity contribution in [3.8, 4) is 0 Å². The number of carbonyl (C=O) groups is 1. The van der Waals surface area contributed by atoms with E-state index in [0.717, 1.165) is 10.4 Å². The minimum atomic E-state index is -3.73. The molecule has 0 unspecified atom stereocenters. The number of hydrogen-bond donors (Lipinski definition) is 1. The first kappa shape index (κ1) is 19.1. The number of rotatable bonds is 7. The molecular weight excluding hydrogens is 380 g/mol. The number of amides is 1. The molecule has 0 spiro atoms. The molecular formula is C20H20N2O3S2. The lowest BCUT2D eigenvalue weighted by Gasteiger charge is -2.24. The van der Waals surface area contributed by atoms with Gasteiger partial charge in [0.15, 0.2) is 0 Å². The van der Waals surface area contributed by atoms with Gasteiger partial charge in [0.2, 0.25) is 5.91 Å². The number of sulfonamides is 1. The smallest absolute Gasteiger partial charge is 0.274 e. The summed E-state index contributed by atoms with van der Waals surface area (Å²) in [6.07, 6.45) is 0. The molecule has 0 saturated heterocycles. The van der Waals surface area contributed by atoms with Crippen molar-refractivity contribution >= 4 is 33.0 Å². The van der Waals surface area contributed by atoms with E-state index in [1.807, 2.05) is 48.5 Å². The molecule has 0 saturated carbocycles. The summed E-state index contributed by atoms with van der Waals surface area (Å²) >= 11 is 1.17. The van der Waals surface area contributed by atoms with E-state index in [0.29, 0.717) is 12.2 Å². The zero-order valence-electron chi connectivity index (χ0n) is 14.8. The van der Waals surface area contributed by atoms with Gasteiger partial charge in [-0.05, 0) is 29.8 Å². The first-order valence-corrected chi connectivity index (χ1v) is 10.7. The SMILES string of the molecule is CC(=O)NCc1ccc(S(=O)(=O)N(Cc2ccccc2)c2ccccc2)s1. The monoisotopic (exact) mass is 400 g/mol. The molecule has 1 N–H and O–H groups in total. The molecule has 3 rings (SSSR count). The molecule has 0 aliphatic carbocycles. The second-order valence-electron chi connectivity index (χ2n) is 5.96. The Hall–Kier alpha value is -2.64. The number of hydrogen-bond acceptors (Lipinski definition) is 4. The van der Waals surface area contributed by atoms with Gasteiger partial charge in [0.25, 0.3) is 10.0 Å². The fourth-order valence-electron chi connectivity index (χ4n) is 2.57. The molecule has 5 nitrogen and oxygen atoms in total. The lowest BCUT2D eigenvalue weighted by molar-refractivity contribution is -0.119. The van der Waals surface area contributed by atoms with Crippen LogP contribution in [0.4, 0.5) is 5.69 Å². The predicted molar refractivity (Wildman–Crippen MR) is 108 cm³/mol. The highest BCUT2D eigenvalue weighted by Crippen LogP contribution is 2.30. The van der Waals surface area contributed by atoms with Crippen LogP contribution in [0.2, 0.25) is 0 Å². The maximum atomic E-state index is 13.3. The molecule has 0 aliphatic heterocycles. The highest BCUT2D eigenvalue weighted by molar-refractivity contribution is 7.94. The highest BCUT2D eigenvalue weighted by Gasteiger charge is 2.26. The summed E-state index contributed by atoms with van der Waals surface area (Å²) in [5, 5.41) is 2.69. The van der Waals surface area contributed by atoms with E-state index < -0.39 is 10.0 Å². The summed E-state index contributed by atoms with van der Waals surface area (Å²) in [7, 11) is -3.73. The van der Waals surface area contributed by atoms with Crippen molar-refractivity contribution in [2.75, 3.05) is 4.31 Å². The standard InChI is InChI=1S/C20H20N2O3S2/c1-16(23)21-14-19-12-13-20(26-19)27(24,25)22(18-10-6-3-7-11-18)15-17-8-4-2-5-9-17/h2-13H,14-15H2,1H3,(H,21,23). The van der Waals surface area contributed by atoms with Crippen molar-refractivity contribution in [3.05, 3.63) is 83.2 Å².